The minimum absolute atomic E-state index is 0.305. The van der Waals surface area contributed by atoms with E-state index in [1.165, 1.54) is 0 Å². The second-order valence-electron chi connectivity index (χ2n) is 4.13. The number of nitrogens with one attached hydrogen (secondary N) is 1. The third kappa shape index (κ3) is 5.68. The Balaban J connectivity index is 2.19. The van der Waals surface area contributed by atoms with E-state index in [1.807, 2.05) is 6.07 Å². The standard InChI is InChI=1S/C14H21NO3/c1-2-3-9-18-10-5-8-15-13-7-4-6-12(11-13)14(16)17/h4,6-7,11,15H,2-3,5,8-10H2,1H3,(H,16,17). The summed E-state index contributed by atoms with van der Waals surface area (Å²) in [6.07, 6.45) is 3.18. The molecule has 4 nitrogen and oxygen atoms in total. The van der Waals surface area contributed by atoms with Gasteiger partial charge in [0.2, 0.25) is 0 Å². The van der Waals surface area contributed by atoms with E-state index in [0.717, 1.165) is 44.7 Å². The maximum atomic E-state index is 10.8. The van der Waals surface area contributed by atoms with E-state index in [1.54, 1.807) is 18.2 Å². The van der Waals surface area contributed by atoms with Crippen molar-refractivity contribution in [2.75, 3.05) is 25.1 Å². The molecule has 0 heterocycles. The minimum atomic E-state index is -0.901. The summed E-state index contributed by atoms with van der Waals surface area (Å²) in [5.74, 6) is -0.901. The van der Waals surface area contributed by atoms with E-state index >= 15 is 0 Å². The number of unbranched alkanes of at least 4 members (excludes halogenated alkanes) is 1. The first-order valence-electron chi connectivity index (χ1n) is 6.39. The molecule has 18 heavy (non-hydrogen) atoms. The number of hydrogen-bond donors (Lipinski definition) is 2. The van der Waals surface area contributed by atoms with Crippen LogP contribution < -0.4 is 5.32 Å². The molecule has 0 bridgehead atoms. The van der Waals surface area contributed by atoms with Crippen molar-refractivity contribution in [3.05, 3.63) is 29.8 Å². The number of carboxylic acid groups (broad SMARTS) is 1. The van der Waals surface area contributed by atoms with Gasteiger partial charge in [0.1, 0.15) is 0 Å². The van der Waals surface area contributed by atoms with Gasteiger partial charge >= 0.3 is 5.97 Å². The van der Waals surface area contributed by atoms with Crippen LogP contribution in [0.5, 0.6) is 0 Å². The molecular weight excluding hydrogens is 230 g/mol. The van der Waals surface area contributed by atoms with Crippen molar-refractivity contribution in [3.8, 4) is 0 Å². The summed E-state index contributed by atoms with van der Waals surface area (Å²) >= 11 is 0. The lowest BCUT2D eigenvalue weighted by molar-refractivity contribution is 0.0697. The normalized spacial score (nSPS) is 10.3. The Kier molecular flexibility index (Phi) is 6.87. The minimum Gasteiger partial charge on any atom is -0.478 e. The molecule has 0 spiro atoms. The van der Waals surface area contributed by atoms with Gasteiger partial charge in [0.05, 0.1) is 5.56 Å². The average molecular weight is 251 g/mol. The molecule has 1 aromatic rings. The number of benzene rings is 1. The molecule has 100 valence electrons. The fourth-order valence-corrected chi connectivity index (χ4v) is 1.52. The molecule has 0 aliphatic rings. The molecule has 0 aliphatic heterocycles. The molecule has 0 atom stereocenters. The first-order valence-corrected chi connectivity index (χ1v) is 6.39. The molecule has 0 saturated carbocycles. The second-order valence-corrected chi connectivity index (χ2v) is 4.13. The van der Waals surface area contributed by atoms with Gasteiger partial charge in [0, 0.05) is 25.4 Å². The van der Waals surface area contributed by atoms with Crippen molar-refractivity contribution in [2.45, 2.75) is 26.2 Å². The monoisotopic (exact) mass is 251 g/mol. The van der Waals surface area contributed by atoms with Crippen molar-refractivity contribution in [3.63, 3.8) is 0 Å². The van der Waals surface area contributed by atoms with Crippen LogP contribution in [0.2, 0.25) is 0 Å². The Morgan fingerprint density at radius 2 is 2.11 bits per heavy atom. The predicted molar refractivity (Wildman–Crippen MR) is 72.2 cm³/mol. The van der Waals surface area contributed by atoms with Gasteiger partial charge in [-0.1, -0.05) is 19.4 Å². The molecule has 1 rings (SSSR count). The van der Waals surface area contributed by atoms with E-state index in [0.29, 0.717) is 5.56 Å². The van der Waals surface area contributed by atoms with Gasteiger partial charge in [-0.3, -0.25) is 0 Å². The molecule has 0 aromatic heterocycles. The van der Waals surface area contributed by atoms with Crippen LogP contribution in [0.4, 0.5) is 5.69 Å². The van der Waals surface area contributed by atoms with Crippen LogP contribution in [-0.2, 0) is 4.74 Å². The van der Waals surface area contributed by atoms with Crippen molar-refractivity contribution < 1.29 is 14.6 Å². The summed E-state index contributed by atoms with van der Waals surface area (Å²) < 4.78 is 5.44. The Morgan fingerprint density at radius 1 is 1.33 bits per heavy atom. The highest BCUT2D eigenvalue weighted by molar-refractivity contribution is 5.88. The van der Waals surface area contributed by atoms with Gasteiger partial charge in [-0.25, -0.2) is 4.79 Å². The van der Waals surface area contributed by atoms with Crippen LogP contribution in [0.3, 0.4) is 0 Å². The third-order valence-corrected chi connectivity index (χ3v) is 2.55. The molecule has 1 aromatic carbocycles. The summed E-state index contributed by atoms with van der Waals surface area (Å²) in [5, 5.41) is 12.0. The summed E-state index contributed by atoms with van der Waals surface area (Å²) in [6, 6.07) is 6.83. The fraction of sp³-hybridized carbons (Fsp3) is 0.500. The van der Waals surface area contributed by atoms with E-state index in [2.05, 4.69) is 12.2 Å². The number of aromatic carboxylic acids is 1. The number of anilines is 1. The molecular formula is C14H21NO3. The molecule has 0 unspecified atom stereocenters. The average Bonchev–Trinajstić information content (AvgIpc) is 2.38. The number of carbonyl (C=O) groups is 1. The quantitative estimate of drug-likeness (QED) is 0.662. The zero-order chi connectivity index (χ0) is 13.2. The van der Waals surface area contributed by atoms with Crippen LogP contribution in [0, 0.1) is 0 Å². The number of rotatable bonds is 9. The van der Waals surface area contributed by atoms with Gasteiger partial charge in [0.25, 0.3) is 0 Å². The van der Waals surface area contributed by atoms with E-state index < -0.39 is 5.97 Å². The predicted octanol–water partition coefficient (Wildman–Crippen LogP) is 3.00. The molecule has 0 fully saturated rings. The van der Waals surface area contributed by atoms with Crippen molar-refractivity contribution in [2.24, 2.45) is 0 Å². The van der Waals surface area contributed by atoms with E-state index in [-0.39, 0.29) is 0 Å². The Labute approximate surface area is 108 Å². The summed E-state index contributed by atoms with van der Waals surface area (Å²) in [4.78, 5) is 10.8. The highest BCUT2D eigenvalue weighted by Gasteiger charge is 2.02. The number of hydrogen-bond acceptors (Lipinski definition) is 3. The summed E-state index contributed by atoms with van der Waals surface area (Å²) in [5.41, 5.74) is 1.14. The van der Waals surface area contributed by atoms with Crippen molar-refractivity contribution in [1.29, 1.82) is 0 Å². The van der Waals surface area contributed by atoms with Crippen LogP contribution in [0.25, 0.3) is 0 Å². The van der Waals surface area contributed by atoms with Crippen LogP contribution >= 0.6 is 0 Å². The Morgan fingerprint density at radius 3 is 2.83 bits per heavy atom. The van der Waals surface area contributed by atoms with Crippen LogP contribution in [0.1, 0.15) is 36.5 Å². The lowest BCUT2D eigenvalue weighted by atomic mass is 10.2. The fourth-order valence-electron chi connectivity index (χ4n) is 1.52. The highest BCUT2D eigenvalue weighted by Crippen LogP contribution is 2.10. The topological polar surface area (TPSA) is 58.6 Å². The zero-order valence-electron chi connectivity index (χ0n) is 10.8. The Hall–Kier alpha value is -1.55. The van der Waals surface area contributed by atoms with Gasteiger partial charge in [-0.2, -0.15) is 0 Å². The van der Waals surface area contributed by atoms with E-state index in [4.69, 9.17) is 9.84 Å². The number of carboxylic acids is 1. The molecule has 4 heteroatoms. The SMILES string of the molecule is CCCCOCCCNc1cccc(C(=O)O)c1. The molecule has 0 amide bonds. The summed E-state index contributed by atoms with van der Waals surface area (Å²) in [7, 11) is 0. The van der Waals surface area contributed by atoms with Crippen molar-refractivity contribution >= 4 is 11.7 Å². The maximum Gasteiger partial charge on any atom is 0.335 e. The first kappa shape index (κ1) is 14.5. The maximum absolute atomic E-state index is 10.8. The van der Waals surface area contributed by atoms with Gasteiger partial charge in [-0.15, -0.1) is 0 Å². The molecule has 2 N–H and O–H groups in total. The zero-order valence-corrected chi connectivity index (χ0v) is 10.8. The van der Waals surface area contributed by atoms with E-state index in [9.17, 15) is 4.79 Å². The van der Waals surface area contributed by atoms with Crippen molar-refractivity contribution in [1.82, 2.24) is 0 Å². The Bertz CT molecular complexity index is 366. The number of ether oxygens (including phenoxy) is 1. The highest BCUT2D eigenvalue weighted by atomic mass is 16.5. The summed E-state index contributed by atoms with van der Waals surface area (Å²) in [6.45, 7) is 4.49. The molecule has 0 aliphatic carbocycles. The van der Waals surface area contributed by atoms with Crippen LogP contribution in [0.15, 0.2) is 24.3 Å². The molecule has 0 radical (unpaired) electrons. The molecule has 0 saturated heterocycles. The van der Waals surface area contributed by atoms with Gasteiger partial charge in [0.15, 0.2) is 0 Å². The first-order chi connectivity index (χ1) is 8.74. The van der Waals surface area contributed by atoms with Gasteiger partial charge in [-0.05, 0) is 31.0 Å². The lowest BCUT2D eigenvalue weighted by Crippen LogP contribution is -2.07. The largest absolute Gasteiger partial charge is 0.478 e. The second kappa shape index (κ2) is 8.53. The van der Waals surface area contributed by atoms with Gasteiger partial charge < -0.3 is 15.2 Å². The smallest absolute Gasteiger partial charge is 0.335 e. The third-order valence-electron chi connectivity index (χ3n) is 2.55. The van der Waals surface area contributed by atoms with Crippen LogP contribution in [-0.4, -0.2) is 30.8 Å². The lowest BCUT2D eigenvalue weighted by Gasteiger charge is -2.07.